The Balaban J connectivity index is 2.18. The van der Waals surface area contributed by atoms with Crippen molar-refractivity contribution < 1.29 is 0 Å². The molecule has 1 aromatic heterocycles. The fourth-order valence-corrected chi connectivity index (χ4v) is 2.16. The highest BCUT2D eigenvalue weighted by atomic mass is 79.9. The number of hydrogen-bond acceptors (Lipinski definition) is 2. The predicted molar refractivity (Wildman–Crippen MR) is 58.1 cm³/mol. The van der Waals surface area contributed by atoms with Crippen LogP contribution in [0.3, 0.4) is 0 Å². The van der Waals surface area contributed by atoms with Gasteiger partial charge in [-0.3, -0.25) is 0 Å². The van der Waals surface area contributed by atoms with Crippen LogP contribution in [0.4, 0.5) is 0 Å². The zero-order valence-corrected chi connectivity index (χ0v) is 9.24. The van der Waals surface area contributed by atoms with Crippen molar-refractivity contribution in [3.63, 3.8) is 0 Å². The van der Waals surface area contributed by atoms with E-state index in [2.05, 4.69) is 37.0 Å². The van der Waals surface area contributed by atoms with Crippen molar-refractivity contribution in [3.05, 3.63) is 22.7 Å². The van der Waals surface area contributed by atoms with Gasteiger partial charge in [0.1, 0.15) is 5.52 Å². The van der Waals surface area contributed by atoms with Crippen LogP contribution < -0.4 is 0 Å². The lowest BCUT2D eigenvalue weighted by atomic mass is 9.93. The number of fused-ring (bicyclic) bond motifs is 1. The molecule has 72 valence electrons. The lowest BCUT2D eigenvalue weighted by Crippen LogP contribution is -2.18. The molecule has 0 spiro atoms. The summed E-state index contributed by atoms with van der Waals surface area (Å²) in [6, 6.07) is 6.67. The Hall–Kier alpha value is -0.900. The fraction of sp³-hybridized carbons (Fsp3) is 0.400. The van der Waals surface area contributed by atoms with Crippen LogP contribution in [0.1, 0.15) is 25.3 Å². The van der Waals surface area contributed by atoms with Gasteiger partial charge in [0.05, 0.1) is 11.6 Å². The van der Waals surface area contributed by atoms with Gasteiger partial charge in [-0.1, -0.05) is 21.1 Å². The maximum absolute atomic E-state index is 4.20. The molecule has 14 heavy (non-hydrogen) atoms. The third kappa shape index (κ3) is 1.17. The van der Waals surface area contributed by atoms with Crippen LogP contribution in [-0.4, -0.2) is 15.0 Å². The van der Waals surface area contributed by atoms with Crippen molar-refractivity contribution in [3.8, 4) is 0 Å². The summed E-state index contributed by atoms with van der Waals surface area (Å²) in [5, 5.41) is 8.36. The summed E-state index contributed by atoms with van der Waals surface area (Å²) in [6.07, 6.45) is 3.80. The van der Waals surface area contributed by atoms with Gasteiger partial charge >= 0.3 is 0 Å². The van der Waals surface area contributed by atoms with Crippen LogP contribution >= 0.6 is 15.9 Å². The van der Waals surface area contributed by atoms with Crippen LogP contribution in [0.25, 0.3) is 11.0 Å². The van der Waals surface area contributed by atoms with Gasteiger partial charge in [-0.05, 0) is 37.5 Å². The van der Waals surface area contributed by atoms with Crippen LogP contribution in [0, 0.1) is 0 Å². The maximum Gasteiger partial charge on any atom is 0.113 e. The molecule has 0 N–H and O–H groups in total. The van der Waals surface area contributed by atoms with Crippen LogP contribution in [0.15, 0.2) is 22.7 Å². The lowest BCUT2D eigenvalue weighted by molar-refractivity contribution is 0.292. The normalized spacial score (nSPS) is 17.2. The minimum absolute atomic E-state index is 0.578. The van der Waals surface area contributed by atoms with Crippen molar-refractivity contribution in [2.24, 2.45) is 0 Å². The van der Waals surface area contributed by atoms with E-state index in [1.165, 1.54) is 19.3 Å². The number of nitrogens with zero attached hydrogens (tertiary/aromatic N) is 3. The standard InChI is InChI=1S/C10H10BrN3/c11-7-4-5-9-10(6-7)14(13-12-9)8-2-1-3-8/h4-6,8H,1-3H2. The lowest BCUT2D eigenvalue weighted by Gasteiger charge is -2.25. The SMILES string of the molecule is Brc1ccc2nnn(C3CCC3)c2c1. The summed E-state index contributed by atoms with van der Waals surface area (Å²) < 4.78 is 3.15. The fourth-order valence-electron chi connectivity index (χ4n) is 1.81. The van der Waals surface area contributed by atoms with Gasteiger partial charge in [0.2, 0.25) is 0 Å². The summed E-state index contributed by atoms with van der Waals surface area (Å²) in [4.78, 5) is 0. The zero-order valence-electron chi connectivity index (χ0n) is 7.65. The summed E-state index contributed by atoms with van der Waals surface area (Å²) in [5.41, 5.74) is 2.13. The van der Waals surface area contributed by atoms with Crippen LogP contribution in [0.5, 0.6) is 0 Å². The van der Waals surface area contributed by atoms with Gasteiger partial charge < -0.3 is 0 Å². The van der Waals surface area contributed by atoms with Gasteiger partial charge in [-0.15, -0.1) is 5.10 Å². The van der Waals surface area contributed by atoms with Crippen molar-refractivity contribution in [1.82, 2.24) is 15.0 Å². The van der Waals surface area contributed by atoms with E-state index in [-0.39, 0.29) is 0 Å². The number of halogens is 1. The van der Waals surface area contributed by atoms with Gasteiger partial charge in [0.15, 0.2) is 0 Å². The molecule has 0 amide bonds. The second kappa shape index (κ2) is 3.05. The van der Waals surface area contributed by atoms with E-state index in [0.717, 1.165) is 15.5 Å². The Bertz CT molecular complexity index is 473. The molecule has 0 unspecified atom stereocenters. The van der Waals surface area contributed by atoms with E-state index < -0.39 is 0 Å². The topological polar surface area (TPSA) is 30.7 Å². The molecule has 0 bridgehead atoms. The highest BCUT2D eigenvalue weighted by Gasteiger charge is 2.22. The first-order valence-corrected chi connectivity index (χ1v) is 5.64. The molecule has 0 aliphatic heterocycles. The first-order chi connectivity index (χ1) is 6.84. The average molecular weight is 252 g/mol. The van der Waals surface area contributed by atoms with Gasteiger partial charge in [-0.2, -0.15) is 0 Å². The molecule has 0 radical (unpaired) electrons. The number of hydrogen-bond donors (Lipinski definition) is 0. The molecule has 1 heterocycles. The molecule has 0 saturated heterocycles. The number of benzene rings is 1. The summed E-state index contributed by atoms with van der Waals surface area (Å²) >= 11 is 3.47. The molecule has 1 aliphatic carbocycles. The highest BCUT2D eigenvalue weighted by molar-refractivity contribution is 9.10. The third-order valence-electron chi connectivity index (χ3n) is 2.85. The van der Waals surface area contributed by atoms with E-state index in [4.69, 9.17) is 0 Å². The molecular weight excluding hydrogens is 242 g/mol. The minimum Gasteiger partial charge on any atom is -0.242 e. The average Bonchev–Trinajstić information content (AvgIpc) is 2.46. The quantitative estimate of drug-likeness (QED) is 0.781. The van der Waals surface area contributed by atoms with Gasteiger partial charge in [0.25, 0.3) is 0 Å². The van der Waals surface area contributed by atoms with E-state index in [1.807, 2.05) is 12.1 Å². The third-order valence-corrected chi connectivity index (χ3v) is 3.35. The Morgan fingerprint density at radius 1 is 1.36 bits per heavy atom. The van der Waals surface area contributed by atoms with Crippen molar-refractivity contribution in [1.29, 1.82) is 0 Å². The van der Waals surface area contributed by atoms with Crippen molar-refractivity contribution in [2.45, 2.75) is 25.3 Å². The van der Waals surface area contributed by atoms with E-state index in [0.29, 0.717) is 6.04 Å². The van der Waals surface area contributed by atoms with E-state index >= 15 is 0 Å². The second-order valence-corrected chi connectivity index (χ2v) is 4.67. The molecule has 3 rings (SSSR count). The molecule has 0 atom stereocenters. The minimum atomic E-state index is 0.578. The molecule has 4 heteroatoms. The maximum atomic E-state index is 4.20. The largest absolute Gasteiger partial charge is 0.242 e. The first-order valence-electron chi connectivity index (χ1n) is 4.85. The molecule has 1 fully saturated rings. The highest BCUT2D eigenvalue weighted by Crippen LogP contribution is 2.33. The summed E-state index contributed by atoms with van der Waals surface area (Å²) in [5.74, 6) is 0. The van der Waals surface area contributed by atoms with Crippen LogP contribution in [-0.2, 0) is 0 Å². The summed E-state index contributed by atoms with van der Waals surface area (Å²) in [6.45, 7) is 0. The molecule has 3 nitrogen and oxygen atoms in total. The van der Waals surface area contributed by atoms with Crippen molar-refractivity contribution in [2.75, 3.05) is 0 Å². The molecule has 1 saturated carbocycles. The number of aromatic nitrogens is 3. The van der Waals surface area contributed by atoms with Crippen LogP contribution in [0.2, 0.25) is 0 Å². The smallest absolute Gasteiger partial charge is 0.113 e. The zero-order chi connectivity index (χ0) is 9.54. The monoisotopic (exact) mass is 251 g/mol. The Morgan fingerprint density at radius 3 is 2.93 bits per heavy atom. The predicted octanol–water partition coefficient (Wildman–Crippen LogP) is 2.92. The second-order valence-electron chi connectivity index (χ2n) is 3.75. The van der Waals surface area contributed by atoms with Crippen molar-refractivity contribution >= 4 is 27.0 Å². The Kier molecular flexibility index (Phi) is 1.83. The van der Waals surface area contributed by atoms with Gasteiger partial charge in [-0.25, -0.2) is 4.68 Å². The Morgan fingerprint density at radius 2 is 2.21 bits per heavy atom. The van der Waals surface area contributed by atoms with E-state index in [9.17, 15) is 0 Å². The Labute approximate surface area is 90.2 Å². The van der Waals surface area contributed by atoms with E-state index in [1.54, 1.807) is 0 Å². The summed E-state index contributed by atoms with van der Waals surface area (Å²) in [7, 11) is 0. The molecule has 1 aliphatic rings. The van der Waals surface area contributed by atoms with Gasteiger partial charge in [0, 0.05) is 4.47 Å². The molecule has 1 aromatic carbocycles. The molecular formula is C10H10BrN3. The number of rotatable bonds is 1. The molecule has 2 aromatic rings. The first kappa shape index (κ1) is 8.41.